The predicted octanol–water partition coefficient (Wildman–Crippen LogP) is 0.131. The fourth-order valence-electron chi connectivity index (χ4n) is 0.903. The quantitative estimate of drug-likeness (QED) is 0.633. The average Bonchev–Trinajstić information content (AvgIpc) is 2.04. The molecule has 0 amide bonds. The molecule has 0 saturated heterocycles. The van der Waals surface area contributed by atoms with Crippen molar-refractivity contribution in [2.75, 3.05) is 12.8 Å². The normalized spacial score (nSPS) is 9.64. The third-order valence-corrected chi connectivity index (χ3v) is 1.44. The largest absolute Gasteiger partial charge is 0.493 e. The maximum Gasteiger partial charge on any atom is 0.166 e. The number of nitrogens with zero attached hydrogens (tertiary/aromatic N) is 1. The number of anilines is 1. The van der Waals surface area contributed by atoms with Crippen molar-refractivity contribution in [3.8, 4) is 5.75 Å². The van der Waals surface area contributed by atoms with Gasteiger partial charge in [0.1, 0.15) is 0 Å². The van der Waals surface area contributed by atoms with Crippen molar-refractivity contribution < 1.29 is 4.74 Å². The zero-order chi connectivity index (χ0) is 8.27. The third-order valence-electron chi connectivity index (χ3n) is 1.44. The third kappa shape index (κ3) is 1.40. The zero-order valence-electron chi connectivity index (χ0n) is 6.37. The van der Waals surface area contributed by atoms with Crippen LogP contribution in [0.15, 0.2) is 12.3 Å². The summed E-state index contributed by atoms with van der Waals surface area (Å²) in [7, 11) is 1.55. The molecule has 1 heterocycles. The van der Waals surface area contributed by atoms with Crippen molar-refractivity contribution in [1.29, 1.82) is 0 Å². The second-order valence-electron chi connectivity index (χ2n) is 2.09. The van der Waals surface area contributed by atoms with E-state index >= 15 is 0 Å². The molecule has 0 aromatic carbocycles. The van der Waals surface area contributed by atoms with Gasteiger partial charge in [-0.15, -0.1) is 0 Å². The zero-order valence-corrected chi connectivity index (χ0v) is 6.37. The summed E-state index contributed by atoms with van der Waals surface area (Å²) in [6, 6.07) is 1.79. The number of nitrogens with two attached hydrogens (primary N) is 2. The summed E-state index contributed by atoms with van der Waals surface area (Å²) in [5.41, 5.74) is 11.8. The molecule has 60 valence electrons. The van der Waals surface area contributed by atoms with Gasteiger partial charge in [-0.1, -0.05) is 0 Å². The summed E-state index contributed by atoms with van der Waals surface area (Å²) in [5.74, 6) is 0.963. The first-order valence-electron chi connectivity index (χ1n) is 3.27. The molecular formula is C7H11N3O. The van der Waals surface area contributed by atoms with Crippen LogP contribution in [-0.4, -0.2) is 12.1 Å². The monoisotopic (exact) mass is 153 g/mol. The van der Waals surface area contributed by atoms with Gasteiger partial charge >= 0.3 is 0 Å². The van der Waals surface area contributed by atoms with E-state index in [0.29, 0.717) is 18.1 Å². The van der Waals surface area contributed by atoms with Crippen LogP contribution in [0.2, 0.25) is 0 Å². The van der Waals surface area contributed by atoms with Crippen LogP contribution in [0.4, 0.5) is 5.82 Å². The molecule has 11 heavy (non-hydrogen) atoms. The molecule has 0 aliphatic heterocycles. The van der Waals surface area contributed by atoms with Gasteiger partial charge in [0.2, 0.25) is 0 Å². The Balaban J connectivity index is 3.13. The number of hydrogen-bond donors (Lipinski definition) is 2. The highest BCUT2D eigenvalue weighted by atomic mass is 16.5. The van der Waals surface area contributed by atoms with Crippen molar-refractivity contribution in [1.82, 2.24) is 4.98 Å². The van der Waals surface area contributed by atoms with E-state index in [2.05, 4.69) is 4.98 Å². The SMILES string of the molecule is COc1c(CN)ccnc1N. The van der Waals surface area contributed by atoms with Crippen molar-refractivity contribution >= 4 is 5.82 Å². The van der Waals surface area contributed by atoms with E-state index < -0.39 is 0 Å². The first kappa shape index (κ1) is 7.81. The average molecular weight is 153 g/mol. The smallest absolute Gasteiger partial charge is 0.166 e. The van der Waals surface area contributed by atoms with E-state index in [1.807, 2.05) is 0 Å². The minimum atomic E-state index is 0.385. The lowest BCUT2D eigenvalue weighted by Crippen LogP contribution is -2.03. The van der Waals surface area contributed by atoms with Crippen LogP contribution in [0, 0.1) is 0 Å². The first-order valence-corrected chi connectivity index (χ1v) is 3.27. The molecule has 0 radical (unpaired) electrons. The molecule has 0 fully saturated rings. The lowest BCUT2D eigenvalue weighted by molar-refractivity contribution is 0.410. The summed E-state index contributed by atoms with van der Waals surface area (Å²) in [4.78, 5) is 3.86. The van der Waals surface area contributed by atoms with E-state index in [1.165, 1.54) is 0 Å². The number of rotatable bonds is 2. The molecule has 4 nitrogen and oxygen atoms in total. The molecule has 0 aliphatic carbocycles. The van der Waals surface area contributed by atoms with Crippen LogP contribution in [-0.2, 0) is 6.54 Å². The Morgan fingerprint density at radius 3 is 2.82 bits per heavy atom. The van der Waals surface area contributed by atoms with E-state index in [4.69, 9.17) is 16.2 Å². The summed E-state index contributed by atoms with van der Waals surface area (Å²) in [5, 5.41) is 0. The lowest BCUT2D eigenvalue weighted by atomic mass is 10.2. The van der Waals surface area contributed by atoms with Crippen molar-refractivity contribution in [2.24, 2.45) is 5.73 Å². The van der Waals surface area contributed by atoms with E-state index in [0.717, 1.165) is 5.56 Å². The molecule has 1 aromatic heterocycles. The van der Waals surface area contributed by atoms with Gasteiger partial charge < -0.3 is 16.2 Å². The van der Waals surface area contributed by atoms with Gasteiger partial charge in [0, 0.05) is 18.3 Å². The second kappa shape index (κ2) is 3.21. The van der Waals surface area contributed by atoms with Crippen LogP contribution in [0.3, 0.4) is 0 Å². The van der Waals surface area contributed by atoms with Gasteiger partial charge in [0.25, 0.3) is 0 Å². The number of methoxy groups -OCH3 is 1. The minimum Gasteiger partial charge on any atom is -0.493 e. The second-order valence-corrected chi connectivity index (χ2v) is 2.09. The van der Waals surface area contributed by atoms with E-state index in [1.54, 1.807) is 19.4 Å². The maximum atomic E-state index is 5.52. The fourth-order valence-corrected chi connectivity index (χ4v) is 0.903. The molecule has 1 rings (SSSR count). The Kier molecular flexibility index (Phi) is 2.28. The molecule has 0 unspecified atom stereocenters. The maximum absolute atomic E-state index is 5.52. The molecule has 0 saturated carbocycles. The Bertz CT molecular complexity index is 249. The summed E-state index contributed by atoms with van der Waals surface area (Å²) in [6.07, 6.45) is 1.61. The fraction of sp³-hybridized carbons (Fsp3) is 0.286. The number of nitrogen functional groups attached to an aromatic ring is 1. The van der Waals surface area contributed by atoms with Crippen molar-refractivity contribution in [3.05, 3.63) is 17.8 Å². The topological polar surface area (TPSA) is 74.2 Å². The number of aromatic nitrogens is 1. The summed E-state index contributed by atoms with van der Waals surface area (Å²) >= 11 is 0. The van der Waals surface area contributed by atoms with Crippen LogP contribution in [0.25, 0.3) is 0 Å². The van der Waals surface area contributed by atoms with Gasteiger partial charge in [-0.25, -0.2) is 4.98 Å². The molecular weight excluding hydrogens is 142 g/mol. The molecule has 0 spiro atoms. The number of pyridine rings is 1. The highest BCUT2D eigenvalue weighted by Gasteiger charge is 2.04. The highest BCUT2D eigenvalue weighted by Crippen LogP contribution is 2.22. The molecule has 0 bridgehead atoms. The van der Waals surface area contributed by atoms with Gasteiger partial charge in [0.05, 0.1) is 7.11 Å². The number of ether oxygens (including phenoxy) is 1. The van der Waals surface area contributed by atoms with Gasteiger partial charge in [0.15, 0.2) is 11.6 Å². The molecule has 1 aromatic rings. The highest BCUT2D eigenvalue weighted by molar-refractivity contribution is 5.50. The summed E-state index contributed by atoms with van der Waals surface area (Å²) in [6.45, 7) is 0.413. The van der Waals surface area contributed by atoms with Crippen LogP contribution < -0.4 is 16.2 Å². The summed E-state index contributed by atoms with van der Waals surface area (Å²) < 4.78 is 5.00. The van der Waals surface area contributed by atoms with Gasteiger partial charge in [-0.05, 0) is 6.07 Å². The van der Waals surface area contributed by atoms with Crippen LogP contribution >= 0.6 is 0 Å². The van der Waals surface area contributed by atoms with Crippen LogP contribution in [0.1, 0.15) is 5.56 Å². The van der Waals surface area contributed by atoms with Gasteiger partial charge in [-0.2, -0.15) is 0 Å². The Morgan fingerprint density at radius 1 is 1.64 bits per heavy atom. The molecule has 4 N–H and O–H groups in total. The van der Waals surface area contributed by atoms with Gasteiger partial charge in [-0.3, -0.25) is 0 Å². The van der Waals surface area contributed by atoms with E-state index in [-0.39, 0.29) is 0 Å². The first-order chi connectivity index (χ1) is 5.29. The lowest BCUT2D eigenvalue weighted by Gasteiger charge is -2.06. The Hall–Kier alpha value is -1.29. The molecule has 0 atom stereocenters. The Labute approximate surface area is 65.2 Å². The minimum absolute atomic E-state index is 0.385. The standard InChI is InChI=1S/C7H11N3O/c1-11-6-5(4-8)2-3-10-7(6)9/h2-3H,4,8H2,1H3,(H2,9,10). The number of hydrogen-bond acceptors (Lipinski definition) is 4. The Morgan fingerprint density at radius 2 is 2.36 bits per heavy atom. The van der Waals surface area contributed by atoms with Crippen molar-refractivity contribution in [2.45, 2.75) is 6.54 Å². The molecule has 0 aliphatic rings. The van der Waals surface area contributed by atoms with Crippen molar-refractivity contribution in [3.63, 3.8) is 0 Å². The molecule has 4 heteroatoms. The predicted molar refractivity (Wildman–Crippen MR) is 43.1 cm³/mol. The van der Waals surface area contributed by atoms with Crippen LogP contribution in [0.5, 0.6) is 5.75 Å². The van der Waals surface area contributed by atoms with E-state index in [9.17, 15) is 0 Å².